The van der Waals surface area contributed by atoms with Gasteiger partial charge in [-0.25, -0.2) is 0 Å². The number of ether oxygens (including phenoxy) is 1. The lowest BCUT2D eigenvalue weighted by atomic mass is 10.1. The van der Waals surface area contributed by atoms with Crippen LogP contribution in [0.2, 0.25) is 0 Å². The van der Waals surface area contributed by atoms with E-state index in [1.807, 2.05) is 97.7 Å². The summed E-state index contributed by atoms with van der Waals surface area (Å²) in [7, 11) is -1.31. The van der Waals surface area contributed by atoms with Gasteiger partial charge in [-0.05, 0) is 54.4 Å². The van der Waals surface area contributed by atoms with Crippen molar-refractivity contribution >= 4 is 19.9 Å². The van der Waals surface area contributed by atoms with Gasteiger partial charge in [-0.1, -0.05) is 55.1 Å². The molecular formula is C24H25NO3P+. The Morgan fingerprint density at radius 3 is 2.03 bits per heavy atom. The van der Waals surface area contributed by atoms with Crippen molar-refractivity contribution in [1.29, 1.82) is 0 Å². The average Bonchev–Trinajstić information content (AvgIpc) is 2.74. The molecule has 2 N–H and O–H groups in total. The van der Waals surface area contributed by atoms with E-state index in [2.05, 4.69) is 6.58 Å². The molecule has 2 atom stereocenters. The zero-order chi connectivity index (χ0) is 20.5. The van der Waals surface area contributed by atoms with E-state index < -0.39 is 8.00 Å². The Labute approximate surface area is 173 Å². The maximum atomic E-state index is 6.01. The summed E-state index contributed by atoms with van der Waals surface area (Å²) in [6.07, 6.45) is 1.82. The van der Waals surface area contributed by atoms with Crippen molar-refractivity contribution in [3.05, 3.63) is 96.6 Å². The van der Waals surface area contributed by atoms with Gasteiger partial charge in [0.25, 0.3) is 0 Å². The van der Waals surface area contributed by atoms with Gasteiger partial charge >= 0.3 is 8.00 Å². The molecule has 3 aromatic rings. The van der Waals surface area contributed by atoms with Crippen LogP contribution >= 0.6 is 8.00 Å². The van der Waals surface area contributed by atoms with Gasteiger partial charge < -0.3 is 10.5 Å². The molecule has 0 aliphatic heterocycles. The minimum atomic E-state index is -1.31. The second kappa shape index (κ2) is 10.5. The summed E-state index contributed by atoms with van der Waals surface area (Å²) in [5, 5.41) is 0. The summed E-state index contributed by atoms with van der Waals surface area (Å²) in [5.74, 6) is 4.10. The molecule has 0 fully saturated rings. The number of hydrogen-bond donors (Lipinski definition) is 1. The standard InChI is InChI=1S/C24H25NO3P/c1-3-20-9-11-21(12-10-20)17-26-22-13-15-24(16-14-22)28-29(18-19(2)25)27-23-7-5-4-6-8-23/h3-16,18-19H,1,17,25H2,2H3/q+1. The summed E-state index contributed by atoms with van der Waals surface area (Å²) in [6.45, 7) is 6.16. The molecule has 0 amide bonds. The topological polar surface area (TPSA) is 53.7 Å². The molecule has 0 spiro atoms. The van der Waals surface area contributed by atoms with Crippen molar-refractivity contribution in [2.75, 3.05) is 0 Å². The highest BCUT2D eigenvalue weighted by molar-refractivity contribution is 7.48. The highest BCUT2D eigenvalue weighted by atomic mass is 31.1. The van der Waals surface area contributed by atoms with E-state index in [1.54, 1.807) is 0 Å². The van der Waals surface area contributed by atoms with Crippen LogP contribution in [0.25, 0.3) is 6.08 Å². The Bertz CT molecular complexity index is 936. The van der Waals surface area contributed by atoms with Crippen molar-refractivity contribution in [3.63, 3.8) is 0 Å². The third-order valence-corrected chi connectivity index (χ3v) is 5.43. The number of para-hydroxylation sites is 1. The minimum Gasteiger partial charge on any atom is -0.489 e. The fourth-order valence-corrected chi connectivity index (χ4v) is 3.68. The lowest BCUT2D eigenvalue weighted by Crippen LogP contribution is -2.16. The van der Waals surface area contributed by atoms with Gasteiger partial charge in [-0.15, -0.1) is 0 Å². The third-order valence-electron chi connectivity index (χ3n) is 3.94. The molecule has 2 unspecified atom stereocenters. The van der Waals surface area contributed by atoms with Crippen LogP contribution < -0.4 is 19.5 Å². The highest BCUT2D eigenvalue weighted by Crippen LogP contribution is 2.32. The van der Waals surface area contributed by atoms with Crippen molar-refractivity contribution < 1.29 is 13.8 Å². The first-order chi connectivity index (χ1) is 14.1. The third kappa shape index (κ3) is 6.79. The number of benzene rings is 3. The first-order valence-corrected chi connectivity index (χ1v) is 10.6. The predicted molar refractivity (Wildman–Crippen MR) is 122 cm³/mol. The summed E-state index contributed by atoms with van der Waals surface area (Å²) in [5.41, 5.74) is 8.10. The summed E-state index contributed by atoms with van der Waals surface area (Å²) in [6, 6.07) is 25.1. The molecule has 0 saturated carbocycles. The molecule has 0 aliphatic rings. The first-order valence-electron chi connectivity index (χ1n) is 9.37. The fourth-order valence-electron chi connectivity index (χ4n) is 2.47. The van der Waals surface area contributed by atoms with E-state index in [-0.39, 0.29) is 6.04 Å². The second-order valence-electron chi connectivity index (χ2n) is 6.49. The van der Waals surface area contributed by atoms with Gasteiger partial charge in [0.2, 0.25) is 0 Å². The van der Waals surface area contributed by atoms with Gasteiger partial charge in [0.1, 0.15) is 12.4 Å². The van der Waals surface area contributed by atoms with E-state index >= 15 is 0 Å². The van der Waals surface area contributed by atoms with Gasteiger partial charge in [-0.3, -0.25) is 9.05 Å². The predicted octanol–water partition coefficient (Wildman–Crippen LogP) is 5.83. The molecule has 0 saturated heterocycles. The minimum absolute atomic E-state index is 0.139. The molecule has 3 aromatic carbocycles. The molecule has 4 nitrogen and oxygen atoms in total. The zero-order valence-corrected chi connectivity index (χ0v) is 17.3. The molecule has 29 heavy (non-hydrogen) atoms. The molecule has 0 heterocycles. The van der Waals surface area contributed by atoms with E-state index in [0.717, 1.165) is 22.6 Å². The van der Waals surface area contributed by atoms with Gasteiger partial charge in [-0.2, -0.15) is 0 Å². The largest absolute Gasteiger partial charge is 0.530 e. The van der Waals surface area contributed by atoms with Crippen LogP contribution in [0.15, 0.2) is 85.4 Å². The molecule has 0 bridgehead atoms. The Morgan fingerprint density at radius 1 is 0.862 bits per heavy atom. The lowest BCUT2D eigenvalue weighted by molar-refractivity contribution is 0.306. The van der Waals surface area contributed by atoms with Crippen molar-refractivity contribution in [2.45, 2.75) is 19.6 Å². The van der Waals surface area contributed by atoms with Gasteiger partial charge in [0, 0.05) is 0 Å². The number of hydrogen-bond acceptors (Lipinski definition) is 4. The Kier molecular flexibility index (Phi) is 7.46. The lowest BCUT2D eigenvalue weighted by Gasteiger charge is -2.07. The van der Waals surface area contributed by atoms with Crippen molar-refractivity contribution in [1.82, 2.24) is 0 Å². The van der Waals surface area contributed by atoms with Crippen LogP contribution in [-0.2, 0) is 6.61 Å². The molecular weight excluding hydrogens is 381 g/mol. The number of nitrogens with two attached hydrogens (primary N) is 1. The van der Waals surface area contributed by atoms with Crippen molar-refractivity contribution in [3.8, 4) is 17.2 Å². The highest BCUT2D eigenvalue weighted by Gasteiger charge is 2.19. The quantitative estimate of drug-likeness (QED) is 0.455. The molecule has 5 heteroatoms. The average molecular weight is 406 g/mol. The van der Waals surface area contributed by atoms with Crippen LogP contribution in [0.3, 0.4) is 0 Å². The Morgan fingerprint density at radius 2 is 1.45 bits per heavy atom. The van der Waals surface area contributed by atoms with Crippen LogP contribution in [0.4, 0.5) is 0 Å². The monoisotopic (exact) mass is 406 g/mol. The summed E-state index contributed by atoms with van der Waals surface area (Å²) >= 11 is 0. The maximum Gasteiger partial charge on any atom is 0.530 e. The van der Waals surface area contributed by atoms with Gasteiger partial charge in [0.15, 0.2) is 17.3 Å². The smallest absolute Gasteiger partial charge is 0.489 e. The van der Waals surface area contributed by atoms with Crippen LogP contribution in [0.1, 0.15) is 18.1 Å². The first kappa shape index (κ1) is 20.7. The maximum absolute atomic E-state index is 6.01. The molecule has 0 aliphatic carbocycles. The SMILES string of the molecule is C=Cc1ccc(COc2ccc(O[P+](=CC(C)N)Oc3ccccc3)cc2)cc1. The summed E-state index contributed by atoms with van der Waals surface area (Å²) in [4.78, 5) is 0. The summed E-state index contributed by atoms with van der Waals surface area (Å²) < 4.78 is 17.8. The van der Waals surface area contributed by atoms with Gasteiger partial charge in [0.05, 0.1) is 6.04 Å². The fraction of sp³-hybridized carbons (Fsp3) is 0.125. The Hall–Kier alpha value is -3.07. The molecule has 0 aromatic heterocycles. The normalized spacial score (nSPS) is 12.1. The van der Waals surface area contributed by atoms with Crippen molar-refractivity contribution in [2.24, 2.45) is 5.73 Å². The molecule has 0 radical (unpaired) electrons. The van der Waals surface area contributed by atoms with E-state index in [9.17, 15) is 0 Å². The zero-order valence-electron chi connectivity index (χ0n) is 16.4. The van der Waals surface area contributed by atoms with Crippen LogP contribution in [0, 0.1) is 0 Å². The number of rotatable bonds is 9. The van der Waals surface area contributed by atoms with Crippen LogP contribution in [0.5, 0.6) is 17.2 Å². The second-order valence-corrected chi connectivity index (χ2v) is 7.73. The van der Waals surface area contributed by atoms with E-state index in [4.69, 9.17) is 19.5 Å². The van der Waals surface area contributed by atoms with Crippen LogP contribution in [-0.4, -0.2) is 11.8 Å². The van der Waals surface area contributed by atoms with E-state index in [1.165, 1.54) is 0 Å². The van der Waals surface area contributed by atoms with E-state index in [0.29, 0.717) is 12.4 Å². The molecule has 3 rings (SSSR count). The molecule has 148 valence electrons. The Balaban J connectivity index is 1.60.